The standard InChI is InChI=1S/C20H20ClN5O4/c1-22-15-11-17(18(26(29)30)12-16(15)23(2)20(28)19(22)27)25-8-6-24(7-9-25)14-5-3-4-13(21)10-14/h3-5,10-12H,6-9H2,1-2H3. The van der Waals surface area contributed by atoms with Gasteiger partial charge < -0.3 is 18.9 Å². The van der Waals surface area contributed by atoms with E-state index in [-0.39, 0.29) is 5.69 Å². The zero-order chi connectivity index (χ0) is 21.6. The Bertz CT molecular complexity index is 1270. The summed E-state index contributed by atoms with van der Waals surface area (Å²) in [5, 5.41) is 12.4. The summed E-state index contributed by atoms with van der Waals surface area (Å²) in [6.07, 6.45) is 0. The molecule has 0 spiro atoms. The third kappa shape index (κ3) is 3.30. The Labute approximate surface area is 176 Å². The number of aryl methyl sites for hydroxylation is 2. The average molecular weight is 430 g/mol. The topological polar surface area (TPSA) is 93.6 Å². The van der Waals surface area contributed by atoms with E-state index in [9.17, 15) is 19.7 Å². The van der Waals surface area contributed by atoms with Crippen LogP contribution < -0.4 is 20.9 Å². The summed E-state index contributed by atoms with van der Waals surface area (Å²) in [7, 11) is 2.94. The fraction of sp³-hybridized carbons (Fsp3) is 0.300. The highest BCUT2D eigenvalue weighted by molar-refractivity contribution is 6.30. The molecule has 0 atom stereocenters. The van der Waals surface area contributed by atoms with Gasteiger partial charge in [0.1, 0.15) is 5.69 Å². The van der Waals surface area contributed by atoms with Gasteiger partial charge in [0.05, 0.1) is 16.0 Å². The molecule has 0 bridgehead atoms. The fourth-order valence-electron chi connectivity index (χ4n) is 3.88. The van der Waals surface area contributed by atoms with Crippen LogP contribution in [0.2, 0.25) is 5.02 Å². The van der Waals surface area contributed by atoms with Crippen molar-refractivity contribution in [3.8, 4) is 0 Å². The Morgan fingerprint density at radius 1 is 0.900 bits per heavy atom. The predicted octanol–water partition coefficient (Wildman–Crippen LogP) is 2.13. The van der Waals surface area contributed by atoms with E-state index in [1.54, 1.807) is 6.07 Å². The van der Waals surface area contributed by atoms with Crippen molar-refractivity contribution in [3.63, 3.8) is 0 Å². The lowest BCUT2D eigenvalue weighted by atomic mass is 10.1. The molecule has 30 heavy (non-hydrogen) atoms. The summed E-state index contributed by atoms with van der Waals surface area (Å²) in [6.45, 7) is 2.47. The first kappa shape index (κ1) is 20.0. The second kappa shape index (κ2) is 7.49. The molecule has 4 rings (SSSR count). The molecule has 1 aliphatic heterocycles. The van der Waals surface area contributed by atoms with Crippen LogP contribution in [0.1, 0.15) is 0 Å². The molecule has 2 heterocycles. The van der Waals surface area contributed by atoms with Gasteiger partial charge in [-0.2, -0.15) is 0 Å². The molecule has 156 valence electrons. The maximum Gasteiger partial charge on any atom is 0.316 e. The van der Waals surface area contributed by atoms with Gasteiger partial charge in [-0.15, -0.1) is 0 Å². The SMILES string of the molecule is Cn1c(=O)c(=O)n(C)c2cc([N+](=O)[O-])c(N3CCN(c4cccc(Cl)c4)CC3)cc21. The van der Waals surface area contributed by atoms with Crippen LogP contribution in [0.15, 0.2) is 46.0 Å². The Balaban J connectivity index is 1.74. The summed E-state index contributed by atoms with van der Waals surface area (Å²) in [6, 6.07) is 10.6. The van der Waals surface area contributed by atoms with E-state index < -0.39 is 16.0 Å². The van der Waals surface area contributed by atoms with Crippen LogP contribution in [0.3, 0.4) is 0 Å². The van der Waals surface area contributed by atoms with Crippen molar-refractivity contribution >= 4 is 39.7 Å². The number of nitro benzene ring substituents is 1. The molecule has 9 nitrogen and oxygen atoms in total. The fourth-order valence-corrected chi connectivity index (χ4v) is 4.06. The number of piperazine rings is 1. The van der Waals surface area contributed by atoms with Crippen molar-refractivity contribution in [1.82, 2.24) is 9.13 Å². The lowest BCUT2D eigenvalue weighted by Gasteiger charge is -2.37. The number of aromatic nitrogens is 2. The molecular formula is C20H20ClN5O4. The van der Waals surface area contributed by atoms with Crippen molar-refractivity contribution in [2.24, 2.45) is 14.1 Å². The van der Waals surface area contributed by atoms with Crippen LogP contribution >= 0.6 is 11.6 Å². The highest BCUT2D eigenvalue weighted by Gasteiger charge is 2.26. The van der Waals surface area contributed by atoms with Gasteiger partial charge in [0.15, 0.2) is 0 Å². The van der Waals surface area contributed by atoms with E-state index in [4.69, 9.17) is 11.6 Å². The molecule has 10 heteroatoms. The highest BCUT2D eigenvalue weighted by atomic mass is 35.5. The lowest BCUT2D eigenvalue weighted by molar-refractivity contribution is -0.384. The zero-order valence-electron chi connectivity index (χ0n) is 16.5. The molecule has 0 saturated carbocycles. The summed E-state index contributed by atoms with van der Waals surface area (Å²) in [5.41, 5.74) is 0.777. The predicted molar refractivity (Wildman–Crippen MR) is 117 cm³/mol. The quantitative estimate of drug-likeness (QED) is 0.359. The van der Waals surface area contributed by atoms with Crippen molar-refractivity contribution in [2.75, 3.05) is 36.0 Å². The van der Waals surface area contributed by atoms with Crippen LogP contribution in [0.4, 0.5) is 17.1 Å². The first-order valence-electron chi connectivity index (χ1n) is 9.41. The Kier molecular flexibility index (Phi) is 4.98. The number of halogens is 1. The Hall–Kier alpha value is -3.33. The minimum absolute atomic E-state index is 0.0904. The van der Waals surface area contributed by atoms with Gasteiger partial charge in [-0.1, -0.05) is 17.7 Å². The second-order valence-corrected chi connectivity index (χ2v) is 7.71. The summed E-state index contributed by atoms with van der Waals surface area (Å²) >= 11 is 6.09. The first-order chi connectivity index (χ1) is 14.3. The molecule has 0 aliphatic carbocycles. The molecule has 3 aromatic rings. The van der Waals surface area contributed by atoms with Crippen molar-refractivity contribution in [1.29, 1.82) is 0 Å². The second-order valence-electron chi connectivity index (χ2n) is 7.27. The molecule has 1 aromatic heterocycles. The van der Waals surface area contributed by atoms with E-state index in [1.165, 1.54) is 24.7 Å². The molecular weight excluding hydrogens is 410 g/mol. The van der Waals surface area contributed by atoms with Crippen LogP contribution in [0, 0.1) is 10.1 Å². The van der Waals surface area contributed by atoms with E-state index in [2.05, 4.69) is 4.90 Å². The largest absolute Gasteiger partial charge is 0.368 e. The molecule has 1 aliphatic rings. The summed E-state index contributed by atoms with van der Waals surface area (Å²) < 4.78 is 2.40. The van der Waals surface area contributed by atoms with Gasteiger partial charge in [0, 0.05) is 57.1 Å². The molecule has 0 amide bonds. The molecule has 0 radical (unpaired) electrons. The number of nitrogens with zero attached hydrogens (tertiary/aromatic N) is 5. The Morgan fingerprint density at radius 3 is 2.03 bits per heavy atom. The number of fused-ring (bicyclic) bond motifs is 1. The maximum absolute atomic E-state index is 12.2. The number of hydrogen-bond acceptors (Lipinski definition) is 6. The third-order valence-corrected chi connectivity index (χ3v) is 5.81. The number of anilines is 2. The van der Waals surface area contributed by atoms with Gasteiger partial charge in [-0.05, 0) is 24.3 Å². The van der Waals surface area contributed by atoms with Crippen LogP contribution in [0.25, 0.3) is 11.0 Å². The summed E-state index contributed by atoms with van der Waals surface area (Å²) in [4.78, 5) is 39.7. The van der Waals surface area contributed by atoms with Crippen molar-refractivity contribution < 1.29 is 4.92 Å². The van der Waals surface area contributed by atoms with Crippen LogP contribution in [0.5, 0.6) is 0 Å². The van der Waals surface area contributed by atoms with E-state index in [0.717, 1.165) is 10.3 Å². The lowest BCUT2D eigenvalue weighted by Crippen LogP contribution is -2.46. The monoisotopic (exact) mass is 429 g/mol. The van der Waals surface area contributed by atoms with Crippen LogP contribution in [-0.2, 0) is 14.1 Å². The first-order valence-corrected chi connectivity index (χ1v) is 9.79. The molecule has 2 aromatic carbocycles. The smallest absolute Gasteiger partial charge is 0.316 e. The average Bonchev–Trinajstić information content (AvgIpc) is 2.75. The van der Waals surface area contributed by atoms with Crippen molar-refractivity contribution in [3.05, 3.63) is 72.2 Å². The van der Waals surface area contributed by atoms with E-state index in [0.29, 0.717) is 47.9 Å². The minimum atomic E-state index is -0.720. The number of nitro groups is 1. The van der Waals surface area contributed by atoms with Gasteiger partial charge >= 0.3 is 11.1 Å². The van der Waals surface area contributed by atoms with Gasteiger partial charge in [-0.3, -0.25) is 19.7 Å². The van der Waals surface area contributed by atoms with Crippen LogP contribution in [-0.4, -0.2) is 40.2 Å². The Morgan fingerprint density at radius 2 is 1.47 bits per heavy atom. The van der Waals surface area contributed by atoms with Gasteiger partial charge in [-0.25, -0.2) is 0 Å². The highest BCUT2D eigenvalue weighted by Crippen LogP contribution is 2.33. The maximum atomic E-state index is 12.2. The molecule has 0 N–H and O–H groups in total. The van der Waals surface area contributed by atoms with Gasteiger partial charge in [0.2, 0.25) is 0 Å². The normalized spacial score (nSPS) is 14.4. The van der Waals surface area contributed by atoms with E-state index in [1.807, 2.05) is 29.2 Å². The number of hydrogen-bond donors (Lipinski definition) is 0. The molecule has 1 saturated heterocycles. The zero-order valence-corrected chi connectivity index (χ0v) is 17.3. The minimum Gasteiger partial charge on any atom is -0.368 e. The van der Waals surface area contributed by atoms with E-state index >= 15 is 0 Å². The number of benzene rings is 2. The van der Waals surface area contributed by atoms with Crippen molar-refractivity contribution in [2.45, 2.75) is 0 Å². The molecule has 0 unspecified atom stereocenters. The third-order valence-electron chi connectivity index (χ3n) is 5.58. The number of rotatable bonds is 3. The summed E-state index contributed by atoms with van der Waals surface area (Å²) in [5.74, 6) is 0. The molecule has 1 fully saturated rings. The van der Waals surface area contributed by atoms with Gasteiger partial charge in [0.25, 0.3) is 5.69 Å².